The van der Waals surface area contributed by atoms with E-state index in [-0.39, 0.29) is 5.56 Å². The zero-order valence-electron chi connectivity index (χ0n) is 12.0. The second-order valence-electron chi connectivity index (χ2n) is 5.05. The van der Waals surface area contributed by atoms with Gasteiger partial charge < -0.3 is 9.67 Å². The van der Waals surface area contributed by atoms with Gasteiger partial charge in [0, 0.05) is 24.1 Å². The number of fused-ring (bicyclic) bond motifs is 1. The van der Waals surface area contributed by atoms with E-state index in [1.165, 1.54) is 6.08 Å². The fraction of sp³-hybridized carbons (Fsp3) is 0.250. The minimum absolute atomic E-state index is 0.181. The number of rotatable bonds is 2. The number of carboxylic acid groups (broad SMARTS) is 1. The smallest absolute Gasteiger partial charge is 0.328 e. The molecule has 0 saturated carbocycles. The van der Waals surface area contributed by atoms with E-state index in [9.17, 15) is 9.59 Å². The second kappa shape index (κ2) is 4.96. The van der Waals surface area contributed by atoms with Crippen LogP contribution in [0.15, 0.2) is 23.0 Å². The van der Waals surface area contributed by atoms with Crippen LogP contribution in [-0.4, -0.2) is 15.6 Å². The number of carbonyl (C=O) groups is 1. The van der Waals surface area contributed by atoms with E-state index in [2.05, 4.69) is 0 Å². The van der Waals surface area contributed by atoms with Crippen LogP contribution in [0.5, 0.6) is 0 Å². The molecular weight excluding hydrogens is 254 g/mol. The summed E-state index contributed by atoms with van der Waals surface area (Å²) < 4.78 is 1.58. The molecule has 0 saturated heterocycles. The number of nitrogens with zero attached hydrogens (tertiary/aromatic N) is 1. The van der Waals surface area contributed by atoms with E-state index in [0.29, 0.717) is 5.56 Å². The zero-order chi connectivity index (χ0) is 15.0. The normalized spacial score (nSPS) is 11.4. The van der Waals surface area contributed by atoms with Crippen molar-refractivity contribution >= 4 is 22.9 Å². The molecule has 0 aliphatic rings. The lowest BCUT2D eigenvalue weighted by Crippen LogP contribution is -2.21. The minimum atomic E-state index is -1.06. The number of hydrogen-bond donors (Lipinski definition) is 1. The number of aliphatic carboxylic acids is 1. The number of carboxylic acids is 1. The lowest BCUT2D eigenvalue weighted by atomic mass is 9.99. The van der Waals surface area contributed by atoms with Crippen molar-refractivity contribution in [3.8, 4) is 0 Å². The molecule has 0 radical (unpaired) electrons. The largest absolute Gasteiger partial charge is 0.478 e. The van der Waals surface area contributed by atoms with Gasteiger partial charge in [-0.3, -0.25) is 4.79 Å². The maximum Gasteiger partial charge on any atom is 0.328 e. The summed E-state index contributed by atoms with van der Waals surface area (Å²) in [4.78, 5) is 23.0. The average Bonchev–Trinajstić information content (AvgIpc) is 2.35. The number of hydrogen-bond acceptors (Lipinski definition) is 2. The van der Waals surface area contributed by atoms with Crippen LogP contribution in [0.2, 0.25) is 0 Å². The molecule has 0 fully saturated rings. The Morgan fingerprint density at radius 3 is 2.50 bits per heavy atom. The fourth-order valence-corrected chi connectivity index (χ4v) is 2.63. The van der Waals surface area contributed by atoms with Crippen LogP contribution in [0.3, 0.4) is 0 Å². The van der Waals surface area contributed by atoms with E-state index in [1.807, 2.05) is 32.9 Å². The topological polar surface area (TPSA) is 59.3 Å². The Labute approximate surface area is 117 Å². The van der Waals surface area contributed by atoms with Gasteiger partial charge in [-0.25, -0.2) is 4.79 Å². The molecule has 0 atom stereocenters. The van der Waals surface area contributed by atoms with Gasteiger partial charge in [0.25, 0.3) is 5.56 Å². The lowest BCUT2D eigenvalue weighted by Gasteiger charge is -2.14. The van der Waals surface area contributed by atoms with E-state index >= 15 is 0 Å². The van der Waals surface area contributed by atoms with Gasteiger partial charge in [0.15, 0.2) is 0 Å². The Hall–Kier alpha value is -2.36. The van der Waals surface area contributed by atoms with Crippen LogP contribution >= 0.6 is 0 Å². The summed E-state index contributed by atoms with van der Waals surface area (Å²) in [7, 11) is 1.71. The Morgan fingerprint density at radius 1 is 1.25 bits per heavy atom. The SMILES string of the molecule is Cc1cc(C)c2c(c1)c(C)c(/C=C/C(=O)O)c(=O)n2C. The summed E-state index contributed by atoms with van der Waals surface area (Å²) in [5.41, 5.74) is 4.10. The van der Waals surface area contributed by atoms with Crippen LogP contribution in [0.4, 0.5) is 0 Å². The third-order valence-corrected chi connectivity index (χ3v) is 3.52. The van der Waals surface area contributed by atoms with Crippen LogP contribution in [0, 0.1) is 20.8 Å². The minimum Gasteiger partial charge on any atom is -0.478 e. The van der Waals surface area contributed by atoms with E-state index in [0.717, 1.165) is 33.7 Å². The molecule has 4 heteroatoms. The van der Waals surface area contributed by atoms with Gasteiger partial charge in [-0.1, -0.05) is 11.6 Å². The number of aromatic nitrogens is 1. The first-order chi connectivity index (χ1) is 9.32. The van der Waals surface area contributed by atoms with Crippen molar-refractivity contribution in [2.45, 2.75) is 20.8 Å². The monoisotopic (exact) mass is 271 g/mol. The van der Waals surface area contributed by atoms with Crippen molar-refractivity contribution in [2.24, 2.45) is 7.05 Å². The van der Waals surface area contributed by atoms with Gasteiger partial charge in [0.2, 0.25) is 0 Å². The van der Waals surface area contributed by atoms with Gasteiger partial charge in [0.1, 0.15) is 0 Å². The van der Waals surface area contributed by atoms with E-state index in [1.54, 1.807) is 11.6 Å². The van der Waals surface area contributed by atoms with Crippen molar-refractivity contribution in [3.05, 3.63) is 50.8 Å². The average molecular weight is 271 g/mol. The molecule has 0 aliphatic carbocycles. The predicted octanol–water partition coefficient (Wildman–Crippen LogP) is 2.56. The predicted molar refractivity (Wildman–Crippen MR) is 80.1 cm³/mol. The highest BCUT2D eigenvalue weighted by molar-refractivity contribution is 5.91. The van der Waals surface area contributed by atoms with Gasteiger partial charge >= 0.3 is 5.97 Å². The molecule has 0 spiro atoms. The maximum absolute atomic E-state index is 12.4. The maximum atomic E-state index is 12.4. The van der Waals surface area contributed by atoms with E-state index in [4.69, 9.17) is 5.11 Å². The Kier molecular flexibility index (Phi) is 3.49. The summed E-state index contributed by atoms with van der Waals surface area (Å²) >= 11 is 0. The van der Waals surface area contributed by atoms with E-state index < -0.39 is 5.97 Å². The van der Waals surface area contributed by atoms with Crippen LogP contribution in [0.1, 0.15) is 22.3 Å². The molecule has 1 aromatic carbocycles. The summed E-state index contributed by atoms with van der Waals surface area (Å²) in [6, 6.07) is 4.06. The van der Waals surface area contributed by atoms with Crippen molar-refractivity contribution in [2.75, 3.05) is 0 Å². The second-order valence-corrected chi connectivity index (χ2v) is 5.05. The number of pyridine rings is 1. The summed E-state index contributed by atoms with van der Waals surface area (Å²) in [6.07, 6.45) is 2.37. The molecule has 2 aromatic rings. The van der Waals surface area contributed by atoms with Crippen molar-refractivity contribution in [3.63, 3.8) is 0 Å². The van der Waals surface area contributed by atoms with Gasteiger partial charge in [-0.05, 0) is 44.0 Å². The molecule has 0 unspecified atom stereocenters. The van der Waals surface area contributed by atoms with Crippen molar-refractivity contribution in [1.82, 2.24) is 4.57 Å². The van der Waals surface area contributed by atoms with Crippen molar-refractivity contribution < 1.29 is 9.90 Å². The molecule has 0 bridgehead atoms. The molecule has 0 aliphatic heterocycles. The van der Waals surface area contributed by atoms with Gasteiger partial charge in [-0.2, -0.15) is 0 Å². The first kappa shape index (κ1) is 14.1. The highest BCUT2D eigenvalue weighted by Gasteiger charge is 2.12. The van der Waals surface area contributed by atoms with Crippen LogP contribution in [0.25, 0.3) is 17.0 Å². The van der Waals surface area contributed by atoms with Crippen LogP contribution < -0.4 is 5.56 Å². The molecule has 104 valence electrons. The molecule has 2 rings (SSSR count). The Balaban J connectivity index is 2.93. The first-order valence-electron chi connectivity index (χ1n) is 6.34. The summed E-state index contributed by atoms with van der Waals surface area (Å²) in [5.74, 6) is -1.06. The number of benzene rings is 1. The quantitative estimate of drug-likeness (QED) is 0.854. The van der Waals surface area contributed by atoms with Gasteiger partial charge in [-0.15, -0.1) is 0 Å². The third-order valence-electron chi connectivity index (χ3n) is 3.52. The Bertz CT molecular complexity index is 798. The molecular formula is C16H17NO3. The highest BCUT2D eigenvalue weighted by Crippen LogP contribution is 2.24. The molecule has 1 N–H and O–H groups in total. The molecule has 4 nitrogen and oxygen atoms in total. The zero-order valence-corrected chi connectivity index (χ0v) is 12.0. The first-order valence-corrected chi connectivity index (χ1v) is 6.34. The van der Waals surface area contributed by atoms with Gasteiger partial charge in [0.05, 0.1) is 5.52 Å². The molecule has 0 amide bonds. The summed E-state index contributed by atoms with van der Waals surface area (Å²) in [5, 5.41) is 9.71. The number of aryl methyl sites for hydroxylation is 4. The summed E-state index contributed by atoms with van der Waals surface area (Å²) in [6.45, 7) is 5.83. The highest BCUT2D eigenvalue weighted by atomic mass is 16.4. The molecule has 1 heterocycles. The molecule has 20 heavy (non-hydrogen) atoms. The standard InChI is InChI=1S/C16H17NO3/c1-9-7-10(2)15-13(8-9)11(3)12(5-6-14(18)19)16(20)17(15)4/h5-8H,1-4H3,(H,18,19)/b6-5+. The third kappa shape index (κ3) is 2.25. The van der Waals surface area contributed by atoms with Crippen molar-refractivity contribution in [1.29, 1.82) is 0 Å². The lowest BCUT2D eigenvalue weighted by molar-refractivity contribution is -0.131. The fourth-order valence-electron chi connectivity index (χ4n) is 2.63. The Morgan fingerprint density at radius 2 is 1.90 bits per heavy atom. The molecule has 1 aromatic heterocycles. The van der Waals surface area contributed by atoms with Crippen LogP contribution in [-0.2, 0) is 11.8 Å².